The van der Waals surface area contributed by atoms with Gasteiger partial charge in [-0.15, -0.1) is 0 Å². The van der Waals surface area contributed by atoms with E-state index >= 15 is 0 Å². The first-order valence-electron chi connectivity index (χ1n) is 13.8. The van der Waals surface area contributed by atoms with E-state index in [1.165, 1.54) is 50.4 Å². The lowest BCUT2D eigenvalue weighted by molar-refractivity contribution is -0.322. The molecule has 194 valence electrons. The van der Waals surface area contributed by atoms with E-state index in [0.717, 1.165) is 32.3 Å². The summed E-state index contributed by atoms with van der Waals surface area (Å²) in [7, 11) is 0. The van der Waals surface area contributed by atoms with Crippen LogP contribution in [0.1, 0.15) is 95.8 Å². The van der Waals surface area contributed by atoms with Gasteiger partial charge in [-0.2, -0.15) is 0 Å². The molecule has 4 aliphatic rings. The molecular weight excluding hydrogens is 442 g/mol. The quantitative estimate of drug-likeness (QED) is 0.576. The number of ether oxygens (including phenoxy) is 2. The topological polar surface area (TPSA) is 77.8 Å². The summed E-state index contributed by atoms with van der Waals surface area (Å²) in [6.45, 7) is 11.0. The molecular formula is C29H43NO5. The summed E-state index contributed by atoms with van der Waals surface area (Å²) in [5.74, 6) is 0.506. The standard InChI is InChI=1S/C29H43NO5/c1-27(2)14-11-22-28(3,21(27)13-16-30-17-20(25(32)33)9-10-24(30)31)15-12-23-29(22,4)18-34-26(35-23)19-7-5-6-8-19/h9-10,17,19,21-23,26H,5-8,11-16,18H2,1-4H3,(H,32,33)/t21-,22?,23-,26-,28+,29+/m1/s1. The number of hydrogen-bond donors (Lipinski definition) is 1. The van der Waals surface area contributed by atoms with E-state index in [1.54, 1.807) is 4.57 Å². The van der Waals surface area contributed by atoms with Crippen molar-refractivity contribution < 1.29 is 19.4 Å². The molecule has 0 aromatic carbocycles. The third-order valence-corrected chi connectivity index (χ3v) is 10.6. The molecule has 1 aliphatic heterocycles. The molecule has 1 saturated heterocycles. The van der Waals surface area contributed by atoms with Gasteiger partial charge < -0.3 is 19.1 Å². The van der Waals surface area contributed by atoms with Gasteiger partial charge in [-0.3, -0.25) is 4.79 Å². The fraction of sp³-hybridized carbons (Fsp3) is 0.793. The van der Waals surface area contributed by atoms with E-state index in [2.05, 4.69) is 27.7 Å². The van der Waals surface area contributed by atoms with Crippen LogP contribution in [0.2, 0.25) is 0 Å². The van der Waals surface area contributed by atoms with Crippen molar-refractivity contribution in [1.29, 1.82) is 0 Å². The average Bonchev–Trinajstić information content (AvgIpc) is 3.33. The second-order valence-corrected chi connectivity index (χ2v) is 13.1. The minimum absolute atomic E-state index is 0.0108. The van der Waals surface area contributed by atoms with Gasteiger partial charge >= 0.3 is 5.97 Å². The second-order valence-electron chi connectivity index (χ2n) is 13.1. The molecule has 0 radical (unpaired) electrons. The highest BCUT2D eigenvalue weighted by Gasteiger charge is 2.62. The molecule has 3 aliphatic carbocycles. The predicted octanol–water partition coefficient (Wildman–Crippen LogP) is 5.73. The van der Waals surface area contributed by atoms with Crippen LogP contribution in [0.5, 0.6) is 0 Å². The zero-order valence-electron chi connectivity index (χ0n) is 21.9. The Balaban J connectivity index is 1.37. The van der Waals surface area contributed by atoms with Crippen LogP contribution in [-0.2, 0) is 16.0 Å². The molecule has 1 aromatic rings. The van der Waals surface area contributed by atoms with Crippen molar-refractivity contribution in [3.63, 3.8) is 0 Å². The number of rotatable bonds is 5. The first-order chi connectivity index (χ1) is 16.5. The Morgan fingerprint density at radius 3 is 2.51 bits per heavy atom. The summed E-state index contributed by atoms with van der Waals surface area (Å²) in [5, 5.41) is 9.38. The summed E-state index contributed by atoms with van der Waals surface area (Å²) in [5.41, 5.74) is 0.335. The fourth-order valence-corrected chi connectivity index (χ4v) is 8.76. The molecule has 6 heteroatoms. The maximum absolute atomic E-state index is 12.5. The highest BCUT2D eigenvalue weighted by atomic mass is 16.7. The minimum Gasteiger partial charge on any atom is -0.478 e. The van der Waals surface area contributed by atoms with Gasteiger partial charge in [0.15, 0.2) is 6.29 Å². The maximum Gasteiger partial charge on any atom is 0.337 e. The molecule has 35 heavy (non-hydrogen) atoms. The lowest BCUT2D eigenvalue weighted by Gasteiger charge is -2.65. The number of carbonyl (C=O) groups is 1. The summed E-state index contributed by atoms with van der Waals surface area (Å²) < 4.78 is 14.8. The number of aromatic nitrogens is 1. The zero-order valence-corrected chi connectivity index (χ0v) is 21.9. The minimum atomic E-state index is -0.997. The Kier molecular flexibility index (Phi) is 6.45. The van der Waals surface area contributed by atoms with Crippen molar-refractivity contribution >= 4 is 5.97 Å². The molecule has 5 rings (SSSR count). The van der Waals surface area contributed by atoms with E-state index in [1.807, 2.05) is 0 Å². The van der Waals surface area contributed by atoms with Crippen molar-refractivity contribution in [1.82, 2.24) is 4.57 Å². The molecule has 6 nitrogen and oxygen atoms in total. The van der Waals surface area contributed by atoms with E-state index < -0.39 is 5.97 Å². The Bertz CT molecular complexity index is 1010. The molecule has 3 saturated carbocycles. The molecule has 0 spiro atoms. The summed E-state index contributed by atoms with van der Waals surface area (Å²) in [6, 6.07) is 2.77. The second kappa shape index (κ2) is 9.02. The first kappa shape index (κ1) is 25.0. The van der Waals surface area contributed by atoms with Crippen molar-refractivity contribution in [2.24, 2.45) is 34.0 Å². The number of nitrogens with zero attached hydrogens (tertiary/aromatic N) is 1. The average molecular weight is 486 g/mol. The molecule has 0 bridgehead atoms. The highest BCUT2D eigenvalue weighted by Crippen LogP contribution is 2.66. The largest absolute Gasteiger partial charge is 0.478 e. The Hall–Kier alpha value is -1.66. The predicted molar refractivity (Wildman–Crippen MR) is 134 cm³/mol. The molecule has 1 N–H and O–H groups in total. The monoisotopic (exact) mass is 485 g/mol. The van der Waals surface area contributed by atoms with E-state index in [0.29, 0.717) is 24.3 Å². The lowest BCUT2D eigenvalue weighted by atomic mass is 9.42. The van der Waals surface area contributed by atoms with Crippen molar-refractivity contribution in [2.45, 2.75) is 104 Å². The van der Waals surface area contributed by atoms with E-state index in [4.69, 9.17) is 9.47 Å². The molecule has 0 amide bonds. The fourth-order valence-electron chi connectivity index (χ4n) is 8.76. The van der Waals surface area contributed by atoms with Crippen LogP contribution in [0.15, 0.2) is 23.1 Å². The van der Waals surface area contributed by atoms with Gasteiger partial charge in [0.05, 0.1) is 18.3 Å². The molecule has 1 unspecified atom stereocenters. The Morgan fingerprint density at radius 2 is 1.80 bits per heavy atom. The third-order valence-electron chi connectivity index (χ3n) is 10.6. The lowest BCUT2D eigenvalue weighted by Crippen LogP contribution is -2.63. The number of fused-ring (bicyclic) bond motifs is 3. The van der Waals surface area contributed by atoms with Crippen LogP contribution in [0.3, 0.4) is 0 Å². The number of aromatic carboxylic acids is 1. The van der Waals surface area contributed by atoms with Gasteiger partial charge in [0, 0.05) is 30.1 Å². The van der Waals surface area contributed by atoms with Gasteiger partial charge in [-0.1, -0.05) is 40.5 Å². The Labute approximate surface area is 209 Å². The van der Waals surface area contributed by atoms with Crippen LogP contribution in [-0.4, -0.2) is 34.6 Å². The van der Waals surface area contributed by atoms with Gasteiger partial charge in [-0.05, 0) is 73.7 Å². The number of aryl methyl sites for hydroxylation is 1. The molecule has 4 fully saturated rings. The van der Waals surface area contributed by atoms with Gasteiger partial charge in [0.1, 0.15) is 0 Å². The van der Waals surface area contributed by atoms with Gasteiger partial charge in [-0.25, -0.2) is 4.79 Å². The van der Waals surface area contributed by atoms with Crippen molar-refractivity contribution in [2.75, 3.05) is 6.61 Å². The van der Waals surface area contributed by atoms with Crippen LogP contribution < -0.4 is 5.56 Å². The normalized spacial score (nSPS) is 39.1. The smallest absolute Gasteiger partial charge is 0.337 e. The van der Waals surface area contributed by atoms with Crippen LogP contribution in [0.25, 0.3) is 0 Å². The molecule has 1 aromatic heterocycles. The molecule has 2 heterocycles. The first-order valence-corrected chi connectivity index (χ1v) is 13.8. The number of hydrogen-bond acceptors (Lipinski definition) is 4. The number of pyridine rings is 1. The third kappa shape index (κ3) is 4.29. The summed E-state index contributed by atoms with van der Waals surface area (Å²) >= 11 is 0. The van der Waals surface area contributed by atoms with Crippen molar-refractivity contribution in [3.05, 3.63) is 34.2 Å². The summed E-state index contributed by atoms with van der Waals surface area (Å²) in [4.78, 5) is 24.0. The Morgan fingerprint density at radius 1 is 1.06 bits per heavy atom. The van der Waals surface area contributed by atoms with Crippen LogP contribution in [0, 0.1) is 34.0 Å². The summed E-state index contributed by atoms with van der Waals surface area (Å²) in [6.07, 6.45) is 12.2. The van der Waals surface area contributed by atoms with Crippen LogP contribution >= 0.6 is 0 Å². The van der Waals surface area contributed by atoms with E-state index in [9.17, 15) is 14.7 Å². The van der Waals surface area contributed by atoms with E-state index in [-0.39, 0.29) is 39.8 Å². The zero-order chi connectivity index (χ0) is 25.0. The number of carboxylic acids is 1. The van der Waals surface area contributed by atoms with Crippen LogP contribution in [0.4, 0.5) is 0 Å². The number of carboxylic acid groups (broad SMARTS) is 1. The van der Waals surface area contributed by atoms with Gasteiger partial charge in [0.25, 0.3) is 5.56 Å². The van der Waals surface area contributed by atoms with Crippen molar-refractivity contribution in [3.8, 4) is 0 Å². The SMILES string of the molecule is CC1(C)CCC2[C@]3(C)CO[C@@H](C4CCCC4)O[C@@H]3CC[C@@]2(C)[C@@H]1CCn1cc(C(=O)O)ccc1=O. The molecule has 6 atom stereocenters. The van der Waals surface area contributed by atoms with Gasteiger partial charge in [0.2, 0.25) is 0 Å². The maximum atomic E-state index is 12.5. The highest BCUT2D eigenvalue weighted by molar-refractivity contribution is 5.87.